The molecule has 0 unspecified atom stereocenters. The molecule has 3 N–H and O–H groups in total. The van der Waals surface area contributed by atoms with Crippen LogP contribution in [0.2, 0.25) is 0 Å². The van der Waals surface area contributed by atoms with Crippen molar-refractivity contribution in [3.8, 4) is 6.07 Å². The largest absolute Gasteiger partial charge is 0.349 e. The number of aryl methyl sites for hydroxylation is 1. The number of anilines is 1. The molecule has 0 radical (unpaired) electrons. The van der Waals surface area contributed by atoms with E-state index in [1.165, 1.54) is 6.07 Å². The number of sulfonamides is 1. The monoisotopic (exact) mass is 309 g/mol. The van der Waals surface area contributed by atoms with Gasteiger partial charge < -0.3 is 5.32 Å². The second kappa shape index (κ2) is 5.54. The summed E-state index contributed by atoms with van der Waals surface area (Å²) in [4.78, 5) is 8.92. The second-order valence-corrected chi connectivity index (χ2v) is 6.91. The molecule has 104 valence electrons. The van der Waals surface area contributed by atoms with Crippen molar-refractivity contribution in [2.24, 2.45) is 5.14 Å². The molecule has 20 heavy (non-hydrogen) atoms. The van der Waals surface area contributed by atoms with Crippen LogP contribution in [0.1, 0.15) is 16.3 Å². The lowest BCUT2D eigenvalue weighted by Gasteiger charge is -2.04. The molecule has 9 heteroatoms. The predicted octanol–water partition coefficient (Wildman–Crippen LogP) is 0.978. The fourth-order valence-corrected chi connectivity index (χ4v) is 3.20. The molecule has 0 aliphatic rings. The molecule has 0 saturated heterocycles. The molecule has 0 aliphatic carbocycles. The number of primary sulfonamides is 1. The number of aromatic nitrogens is 2. The highest BCUT2D eigenvalue weighted by molar-refractivity contribution is 7.91. The van der Waals surface area contributed by atoms with Crippen LogP contribution < -0.4 is 10.5 Å². The predicted molar refractivity (Wildman–Crippen MR) is 74.5 cm³/mol. The summed E-state index contributed by atoms with van der Waals surface area (Å²) in [5.74, 6) is 0.326. The lowest BCUT2D eigenvalue weighted by atomic mass is 10.3. The lowest BCUT2D eigenvalue weighted by molar-refractivity contribution is 0.600. The SMILES string of the molecule is Cc1cc(C#N)nc(NCc2ccc(S(N)(=O)=O)s2)n1. The van der Waals surface area contributed by atoms with Crippen LogP contribution in [-0.2, 0) is 16.6 Å². The first-order valence-electron chi connectivity index (χ1n) is 5.49. The zero-order chi connectivity index (χ0) is 14.8. The Bertz CT molecular complexity index is 776. The maximum absolute atomic E-state index is 11.2. The Labute approximate surface area is 120 Å². The third kappa shape index (κ3) is 3.51. The van der Waals surface area contributed by atoms with Crippen molar-refractivity contribution in [2.75, 3.05) is 5.32 Å². The average Bonchev–Trinajstić information content (AvgIpc) is 2.84. The minimum absolute atomic E-state index is 0.108. The van der Waals surface area contributed by atoms with Crippen molar-refractivity contribution in [1.29, 1.82) is 5.26 Å². The normalized spacial score (nSPS) is 11.1. The Hall–Kier alpha value is -2.02. The maximum Gasteiger partial charge on any atom is 0.247 e. The van der Waals surface area contributed by atoms with Crippen LogP contribution in [0, 0.1) is 18.3 Å². The van der Waals surface area contributed by atoms with Crippen LogP contribution in [0.25, 0.3) is 0 Å². The Kier molecular flexibility index (Phi) is 3.99. The summed E-state index contributed by atoms with van der Waals surface area (Å²) in [6.45, 7) is 2.12. The molecule has 0 aliphatic heterocycles. The molecule has 2 rings (SSSR count). The van der Waals surface area contributed by atoms with Gasteiger partial charge >= 0.3 is 0 Å². The van der Waals surface area contributed by atoms with Crippen LogP contribution in [0.5, 0.6) is 0 Å². The van der Waals surface area contributed by atoms with Gasteiger partial charge in [-0.1, -0.05) is 0 Å². The highest BCUT2D eigenvalue weighted by atomic mass is 32.2. The van der Waals surface area contributed by atoms with Crippen LogP contribution in [0.15, 0.2) is 22.4 Å². The first-order valence-corrected chi connectivity index (χ1v) is 7.86. The van der Waals surface area contributed by atoms with E-state index in [9.17, 15) is 8.42 Å². The number of thiophene rings is 1. The summed E-state index contributed by atoms with van der Waals surface area (Å²) in [6, 6.07) is 6.64. The summed E-state index contributed by atoms with van der Waals surface area (Å²) in [6.07, 6.45) is 0. The van der Waals surface area contributed by atoms with Crippen LogP contribution in [0.3, 0.4) is 0 Å². The van der Waals surface area contributed by atoms with E-state index in [0.717, 1.165) is 16.2 Å². The smallest absolute Gasteiger partial charge is 0.247 e. The van der Waals surface area contributed by atoms with Gasteiger partial charge in [-0.15, -0.1) is 11.3 Å². The molecule has 0 amide bonds. The average molecular weight is 309 g/mol. The van der Waals surface area contributed by atoms with E-state index >= 15 is 0 Å². The standard InChI is InChI=1S/C11H11N5O2S2/c1-7-4-8(5-12)16-11(15-7)14-6-9-2-3-10(19-9)20(13,17)18/h2-4H,6H2,1H3,(H2,13,17,18)(H,14,15,16). The highest BCUT2D eigenvalue weighted by Gasteiger charge is 2.11. The van der Waals surface area contributed by atoms with Crippen LogP contribution >= 0.6 is 11.3 Å². The molecule has 0 bridgehead atoms. The van der Waals surface area contributed by atoms with E-state index in [-0.39, 0.29) is 9.90 Å². The molecule has 0 spiro atoms. The van der Waals surface area contributed by atoms with Crippen molar-refractivity contribution in [1.82, 2.24) is 9.97 Å². The van der Waals surface area contributed by atoms with E-state index < -0.39 is 10.0 Å². The van der Waals surface area contributed by atoms with E-state index in [2.05, 4.69) is 15.3 Å². The third-order valence-electron chi connectivity index (χ3n) is 2.31. The number of nitrogens with one attached hydrogen (secondary N) is 1. The number of nitrogens with zero attached hydrogens (tertiary/aromatic N) is 3. The van der Waals surface area contributed by atoms with Gasteiger partial charge in [0.15, 0.2) is 0 Å². The number of hydrogen-bond acceptors (Lipinski definition) is 7. The molecule has 0 atom stereocenters. The van der Waals surface area contributed by atoms with Gasteiger partial charge in [0.05, 0.1) is 6.54 Å². The van der Waals surface area contributed by atoms with Crippen molar-refractivity contribution >= 4 is 27.3 Å². The summed E-state index contributed by atoms with van der Waals surface area (Å²) >= 11 is 1.08. The van der Waals surface area contributed by atoms with E-state index in [1.54, 1.807) is 19.1 Å². The zero-order valence-corrected chi connectivity index (χ0v) is 12.1. The summed E-state index contributed by atoms with van der Waals surface area (Å²) in [5, 5.41) is 16.8. The lowest BCUT2D eigenvalue weighted by Crippen LogP contribution is -2.09. The van der Waals surface area contributed by atoms with Gasteiger partial charge in [-0.2, -0.15) is 5.26 Å². The number of nitrogens with two attached hydrogens (primary N) is 1. The maximum atomic E-state index is 11.2. The van der Waals surface area contributed by atoms with Gasteiger partial charge in [0.25, 0.3) is 0 Å². The molecule has 0 saturated carbocycles. The highest BCUT2D eigenvalue weighted by Crippen LogP contribution is 2.20. The minimum Gasteiger partial charge on any atom is -0.349 e. The van der Waals surface area contributed by atoms with Crippen molar-refractivity contribution in [3.05, 3.63) is 34.5 Å². The summed E-state index contributed by atoms with van der Waals surface area (Å²) < 4.78 is 22.4. The minimum atomic E-state index is -3.67. The molecule has 2 heterocycles. The van der Waals surface area contributed by atoms with Crippen LogP contribution in [-0.4, -0.2) is 18.4 Å². The molecule has 2 aromatic rings. The molecule has 7 nitrogen and oxygen atoms in total. The molecular weight excluding hydrogens is 298 g/mol. The van der Waals surface area contributed by atoms with Crippen molar-refractivity contribution in [2.45, 2.75) is 17.7 Å². The molecule has 0 fully saturated rings. The van der Waals surface area contributed by atoms with Crippen molar-refractivity contribution < 1.29 is 8.42 Å². The fraction of sp³-hybridized carbons (Fsp3) is 0.182. The van der Waals surface area contributed by atoms with Crippen molar-refractivity contribution in [3.63, 3.8) is 0 Å². The molecule has 0 aromatic carbocycles. The van der Waals surface area contributed by atoms with Crippen LogP contribution in [0.4, 0.5) is 5.95 Å². The topological polar surface area (TPSA) is 122 Å². The Balaban J connectivity index is 2.11. The quantitative estimate of drug-likeness (QED) is 0.868. The van der Waals surface area contributed by atoms with E-state index in [0.29, 0.717) is 18.2 Å². The Morgan fingerprint density at radius 2 is 2.20 bits per heavy atom. The van der Waals surface area contributed by atoms with Gasteiger partial charge in [0.2, 0.25) is 16.0 Å². The van der Waals surface area contributed by atoms with Gasteiger partial charge in [0, 0.05) is 10.6 Å². The Morgan fingerprint density at radius 1 is 1.45 bits per heavy atom. The first-order chi connectivity index (χ1) is 9.38. The first kappa shape index (κ1) is 14.4. The van der Waals surface area contributed by atoms with Gasteiger partial charge in [-0.3, -0.25) is 0 Å². The molecular formula is C11H11N5O2S2. The van der Waals surface area contributed by atoms with Gasteiger partial charge in [-0.25, -0.2) is 23.5 Å². The van der Waals surface area contributed by atoms with E-state index in [4.69, 9.17) is 10.4 Å². The number of rotatable bonds is 4. The third-order valence-corrected chi connectivity index (χ3v) is 4.83. The molecule has 2 aromatic heterocycles. The summed E-state index contributed by atoms with van der Waals surface area (Å²) in [7, 11) is -3.67. The van der Waals surface area contributed by atoms with Gasteiger partial charge in [-0.05, 0) is 25.1 Å². The van der Waals surface area contributed by atoms with Gasteiger partial charge in [0.1, 0.15) is 16.0 Å². The number of nitriles is 1. The second-order valence-electron chi connectivity index (χ2n) is 3.95. The fourth-order valence-electron chi connectivity index (χ4n) is 1.48. The summed E-state index contributed by atoms with van der Waals surface area (Å²) in [5.41, 5.74) is 0.951. The number of hydrogen-bond donors (Lipinski definition) is 2. The Morgan fingerprint density at radius 3 is 2.80 bits per heavy atom. The zero-order valence-electron chi connectivity index (χ0n) is 10.5. The van der Waals surface area contributed by atoms with E-state index in [1.807, 2.05) is 6.07 Å².